The molecule has 0 aliphatic carbocycles. The van der Waals surface area contributed by atoms with Crippen molar-refractivity contribution >= 4 is 34.8 Å². The van der Waals surface area contributed by atoms with Crippen LogP contribution in [0.3, 0.4) is 0 Å². The highest BCUT2D eigenvalue weighted by Crippen LogP contribution is 2.38. The molecule has 0 aliphatic heterocycles. The van der Waals surface area contributed by atoms with Crippen molar-refractivity contribution in [3.8, 4) is 17.2 Å². The van der Waals surface area contributed by atoms with E-state index >= 15 is 0 Å². The maximum Gasteiger partial charge on any atom is 0.271 e. The van der Waals surface area contributed by atoms with Crippen LogP contribution in [0.2, 0.25) is 10.0 Å². The Balaban J connectivity index is 2.25. The number of nitrogens with zero attached hydrogens (tertiary/aromatic N) is 1. The van der Waals surface area contributed by atoms with Crippen molar-refractivity contribution < 1.29 is 19.0 Å². The molecule has 2 aromatic carbocycles. The fourth-order valence-corrected chi connectivity index (χ4v) is 2.50. The molecular weight excluding hydrogens is 379 g/mol. The molecule has 2 aromatic rings. The molecule has 26 heavy (non-hydrogen) atoms. The van der Waals surface area contributed by atoms with Crippen LogP contribution in [0.4, 0.5) is 0 Å². The first-order valence-corrected chi connectivity index (χ1v) is 8.27. The van der Waals surface area contributed by atoms with Crippen LogP contribution in [0.1, 0.15) is 22.8 Å². The van der Waals surface area contributed by atoms with Gasteiger partial charge in [0.25, 0.3) is 5.91 Å². The van der Waals surface area contributed by atoms with Crippen molar-refractivity contribution in [2.75, 3.05) is 21.3 Å². The van der Waals surface area contributed by atoms with Crippen LogP contribution in [0.25, 0.3) is 0 Å². The zero-order valence-electron chi connectivity index (χ0n) is 14.7. The number of amides is 1. The lowest BCUT2D eigenvalue weighted by molar-refractivity contribution is 0.0954. The molecule has 8 heteroatoms. The van der Waals surface area contributed by atoms with Crippen LogP contribution < -0.4 is 19.6 Å². The second kappa shape index (κ2) is 8.78. The van der Waals surface area contributed by atoms with Gasteiger partial charge in [0.15, 0.2) is 11.5 Å². The van der Waals surface area contributed by atoms with Gasteiger partial charge in [-0.3, -0.25) is 4.79 Å². The summed E-state index contributed by atoms with van der Waals surface area (Å²) in [5.74, 6) is 0.732. The summed E-state index contributed by atoms with van der Waals surface area (Å²) in [5, 5.41) is 4.96. The fourth-order valence-electron chi connectivity index (χ4n) is 2.20. The second-order valence-electron chi connectivity index (χ2n) is 5.18. The quantitative estimate of drug-likeness (QED) is 0.587. The summed E-state index contributed by atoms with van der Waals surface area (Å²) in [6.45, 7) is 1.75. The first kappa shape index (κ1) is 19.9. The molecule has 1 amide bonds. The lowest BCUT2D eigenvalue weighted by Crippen LogP contribution is -2.19. The molecule has 0 saturated carbocycles. The number of carbonyl (C=O) groups is 1. The number of nitrogens with one attached hydrogen (secondary N) is 1. The molecule has 0 fully saturated rings. The number of hydrogen-bond acceptors (Lipinski definition) is 5. The number of hydrazone groups is 1. The zero-order chi connectivity index (χ0) is 19.3. The Hall–Kier alpha value is -2.44. The maximum atomic E-state index is 12.4. The van der Waals surface area contributed by atoms with E-state index in [1.807, 2.05) is 0 Å². The third-order valence-corrected chi connectivity index (χ3v) is 4.33. The average Bonchev–Trinajstić information content (AvgIpc) is 2.66. The molecule has 0 heterocycles. The molecule has 0 unspecified atom stereocenters. The predicted molar refractivity (Wildman–Crippen MR) is 102 cm³/mol. The Labute approximate surface area is 161 Å². The number of benzene rings is 2. The van der Waals surface area contributed by atoms with E-state index < -0.39 is 5.91 Å². The average molecular weight is 397 g/mol. The van der Waals surface area contributed by atoms with E-state index in [9.17, 15) is 4.79 Å². The SMILES string of the molecule is COc1cc(C(=O)NN=C(C)c2ccc(Cl)c(Cl)c2)cc(OC)c1OC. The van der Waals surface area contributed by atoms with Gasteiger partial charge in [0.2, 0.25) is 5.75 Å². The van der Waals surface area contributed by atoms with Gasteiger partial charge in [-0.25, -0.2) is 5.43 Å². The molecule has 138 valence electrons. The van der Waals surface area contributed by atoms with E-state index in [0.29, 0.717) is 38.6 Å². The molecule has 0 aliphatic rings. The predicted octanol–water partition coefficient (Wildman–Crippen LogP) is 4.17. The van der Waals surface area contributed by atoms with E-state index in [1.165, 1.54) is 21.3 Å². The molecular formula is C18H18Cl2N2O4. The summed E-state index contributed by atoms with van der Waals surface area (Å²) >= 11 is 11.9. The number of halogens is 2. The van der Waals surface area contributed by atoms with Gasteiger partial charge < -0.3 is 14.2 Å². The number of ether oxygens (including phenoxy) is 3. The Kier molecular flexibility index (Phi) is 6.71. The number of hydrogen-bond donors (Lipinski definition) is 1. The normalized spacial score (nSPS) is 11.1. The maximum absolute atomic E-state index is 12.4. The van der Waals surface area contributed by atoms with Crippen LogP contribution in [-0.4, -0.2) is 32.9 Å². The molecule has 6 nitrogen and oxygen atoms in total. The number of carbonyl (C=O) groups excluding carboxylic acids is 1. The molecule has 2 rings (SSSR count). The topological polar surface area (TPSA) is 69.2 Å². The highest BCUT2D eigenvalue weighted by atomic mass is 35.5. The highest BCUT2D eigenvalue weighted by Gasteiger charge is 2.17. The minimum Gasteiger partial charge on any atom is -0.493 e. The second-order valence-corrected chi connectivity index (χ2v) is 6.00. The van der Waals surface area contributed by atoms with Crippen molar-refractivity contribution in [1.82, 2.24) is 5.43 Å². The smallest absolute Gasteiger partial charge is 0.271 e. The van der Waals surface area contributed by atoms with Gasteiger partial charge in [0.1, 0.15) is 0 Å². The van der Waals surface area contributed by atoms with Crippen LogP contribution in [0.15, 0.2) is 35.4 Å². The Morgan fingerprint density at radius 3 is 2.04 bits per heavy atom. The number of methoxy groups -OCH3 is 3. The summed E-state index contributed by atoms with van der Waals surface area (Å²) in [7, 11) is 4.45. The van der Waals surface area contributed by atoms with Gasteiger partial charge in [-0.1, -0.05) is 29.3 Å². The van der Waals surface area contributed by atoms with Crippen molar-refractivity contribution in [1.29, 1.82) is 0 Å². The molecule has 0 spiro atoms. The highest BCUT2D eigenvalue weighted by molar-refractivity contribution is 6.42. The van der Waals surface area contributed by atoms with Crippen molar-refractivity contribution in [3.05, 3.63) is 51.5 Å². The van der Waals surface area contributed by atoms with Gasteiger partial charge >= 0.3 is 0 Å². The molecule has 1 N–H and O–H groups in total. The zero-order valence-corrected chi connectivity index (χ0v) is 16.2. The molecule has 0 saturated heterocycles. The van der Waals surface area contributed by atoms with Crippen molar-refractivity contribution in [2.45, 2.75) is 6.92 Å². The van der Waals surface area contributed by atoms with E-state index in [1.54, 1.807) is 37.3 Å². The summed E-state index contributed by atoms with van der Waals surface area (Å²) < 4.78 is 15.7. The van der Waals surface area contributed by atoms with E-state index in [-0.39, 0.29) is 0 Å². The third kappa shape index (κ3) is 4.39. The van der Waals surface area contributed by atoms with Gasteiger partial charge in [0.05, 0.1) is 37.1 Å². The van der Waals surface area contributed by atoms with Crippen molar-refractivity contribution in [3.63, 3.8) is 0 Å². The molecule has 0 radical (unpaired) electrons. The first-order valence-electron chi connectivity index (χ1n) is 7.51. The summed E-state index contributed by atoms with van der Waals surface area (Å²) in [5.41, 5.74) is 4.12. The summed E-state index contributed by atoms with van der Waals surface area (Å²) in [6.07, 6.45) is 0. The Morgan fingerprint density at radius 2 is 1.54 bits per heavy atom. The number of rotatable bonds is 6. The molecule has 0 bridgehead atoms. The van der Waals surface area contributed by atoms with Crippen LogP contribution in [-0.2, 0) is 0 Å². The lowest BCUT2D eigenvalue weighted by atomic mass is 10.1. The minimum absolute atomic E-state index is 0.310. The first-order chi connectivity index (χ1) is 12.4. The minimum atomic E-state index is -0.427. The molecule has 0 atom stereocenters. The standard InChI is InChI=1S/C18H18Cl2N2O4/c1-10(11-5-6-13(19)14(20)7-11)21-22-18(23)12-8-15(24-2)17(26-4)16(9-12)25-3/h5-9H,1-4H3,(H,22,23). The van der Waals surface area contributed by atoms with Gasteiger partial charge in [0, 0.05) is 5.56 Å². The fraction of sp³-hybridized carbons (Fsp3) is 0.222. The van der Waals surface area contributed by atoms with E-state index in [4.69, 9.17) is 37.4 Å². The van der Waals surface area contributed by atoms with Crippen LogP contribution in [0, 0.1) is 0 Å². The van der Waals surface area contributed by atoms with Crippen molar-refractivity contribution in [2.24, 2.45) is 5.10 Å². The van der Waals surface area contributed by atoms with E-state index in [0.717, 1.165) is 5.56 Å². The monoisotopic (exact) mass is 396 g/mol. The lowest BCUT2D eigenvalue weighted by Gasteiger charge is -2.13. The molecule has 0 aromatic heterocycles. The van der Waals surface area contributed by atoms with E-state index in [2.05, 4.69) is 10.5 Å². The third-order valence-electron chi connectivity index (χ3n) is 3.59. The largest absolute Gasteiger partial charge is 0.493 e. The Morgan fingerprint density at radius 1 is 0.923 bits per heavy atom. The summed E-state index contributed by atoms with van der Waals surface area (Å²) in [4.78, 5) is 12.4. The van der Waals surface area contributed by atoms with Gasteiger partial charge in [-0.15, -0.1) is 0 Å². The summed E-state index contributed by atoms with van der Waals surface area (Å²) in [6, 6.07) is 8.19. The van der Waals surface area contributed by atoms with Gasteiger partial charge in [-0.2, -0.15) is 5.10 Å². The van der Waals surface area contributed by atoms with Gasteiger partial charge in [-0.05, 0) is 36.8 Å². The van der Waals surface area contributed by atoms with Crippen LogP contribution in [0.5, 0.6) is 17.2 Å². The van der Waals surface area contributed by atoms with Crippen LogP contribution >= 0.6 is 23.2 Å². The Bertz CT molecular complexity index is 828.